The van der Waals surface area contributed by atoms with Crippen molar-refractivity contribution in [2.75, 3.05) is 44.6 Å². The van der Waals surface area contributed by atoms with Crippen LogP contribution in [-0.4, -0.2) is 62.9 Å². The average Bonchev–Trinajstić information content (AvgIpc) is 3.34. The molecule has 8 heteroatoms. The second-order valence-electron chi connectivity index (χ2n) is 7.46. The molecular formula is C23H31N3O4S. The fourth-order valence-electron chi connectivity index (χ4n) is 3.57. The molecular weight excluding hydrogens is 414 g/mol. The molecule has 2 aromatic carbocycles. The van der Waals surface area contributed by atoms with E-state index < -0.39 is 10.0 Å². The molecule has 1 fully saturated rings. The number of carbonyl (C=O) groups is 1. The van der Waals surface area contributed by atoms with Gasteiger partial charge >= 0.3 is 0 Å². The van der Waals surface area contributed by atoms with Crippen LogP contribution in [0.3, 0.4) is 0 Å². The van der Waals surface area contributed by atoms with Gasteiger partial charge in [0.15, 0.2) is 0 Å². The van der Waals surface area contributed by atoms with Crippen LogP contribution >= 0.6 is 0 Å². The monoisotopic (exact) mass is 445 g/mol. The maximum atomic E-state index is 12.7. The largest absolute Gasteiger partial charge is 0.490 e. The highest BCUT2D eigenvalue weighted by Gasteiger charge is 2.27. The molecule has 1 aliphatic rings. The topological polar surface area (TPSA) is 79.0 Å². The molecule has 0 spiro atoms. The summed E-state index contributed by atoms with van der Waals surface area (Å²) in [6, 6.07) is 13.4. The number of nitrogens with one attached hydrogen (secondary N) is 1. The zero-order chi connectivity index (χ0) is 22.3. The van der Waals surface area contributed by atoms with E-state index in [0.29, 0.717) is 36.7 Å². The lowest BCUT2D eigenvalue weighted by molar-refractivity contribution is 0.102. The number of hydrogen-bond acceptors (Lipinski definition) is 5. The lowest BCUT2D eigenvalue weighted by Gasteiger charge is -2.19. The maximum Gasteiger partial charge on any atom is 0.255 e. The van der Waals surface area contributed by atoms with Crippen LogP contribution in [-0.2, 0) is 10.0 Å². The second kappa shape index (κ2) is 10.7. The summed E-state index contributed by atoms with van der Waals surface area (Å²) in [6.45, 7) is 8.58. The molecule has 1 N–H and O–H groups in total. The number of amides is 1. The van der Waals surface area contributed by atoms with Crippen molar-refractivity contribution in [1.29, 1.82) is 0 Å². The number of nitrogens with zero attached hydrogens (tertiary/aromatic N) is 2. The Morgan fingerprint density at radius 1 is 1.03 bits per heavy atom. The Balaban J connectivity index is 1.65. The zero-order valence-corrected chi connectivity index (χ0v) is 19.0. The van der Waals surface area contributed by atoms with Gasteiger partial charge in [0.1, 0.15) is 12.4 Å². The summed E-state index contributed by atoms with van der Waals surface area (Å²) in [5, 5.41) is 2.87. The number of anilines is 1. The molecule has 31 heavy (non-hydrogen) atoms. The molecule has 168 valence electrons. The van der Waals surface area contributed by atoms with Crippen LogP contribution in [0, 0.1) is 0 Å². The van der Waals surface area contributed by atoms with Crippen molar-refractivity contribution < 1.29 is 17.9 Å². The van der Waals surface area contributed by atoms with Crippen LogP contribution < -0.4 is 10.1 Å². The molecule has 0 saturated carbocycles. The highest BCUT2D eigenvalue weighted by atomic mass is 32.2. The van der Waals surface area contributed by atoms with Crippen LogP contribution in [0.2, 0.25) is 0 Å². The molecule has 3 rings (SSSR count). The molecule has 7 nitrogen and oxygen atoms in total. The second-order valence-corrected chi connectivity index (χ2v) is 9.40. The fraction of sp³-hybridized carbons (Fsp3) is 0.435. The predicted molar refractivity (Wildman–Crippen MR) is 122 cm³/mol. The van der Waals surface area contributed by atoms with E-state index in [1.807, 2.05) is 18.2 Å². The Morgan fingerprint density at radius 3 is 2.32 bits per heavy atom. The van der Waals surface area contributed by atoms with Gasteiger partial charge in [-0.05, 0) is 62.3 Å². The van der Waals surface area contributed by atoms with E-state index >= 15 is 0 Å². The number of ether oxygens (including phenoxy) is 1. The van der Waals surface area contributed by atoms with Crippen molar-refractivity contribution in [3.05, 3.63) is 54.1 Å². The Labute approximate surface area is 185 Å². The molecule has 1 aliphatic heterocycles. The molecule has 0 aromatic heterocycles. The van der Waals surface area contributed by atoms with E-state index in [1.165, 1.54) is 16.4 Å². The summed E-state index contributed by atoms with van der Waals surface area (Å²) < 4.78 is 32.7. The maximum absolute atomic E-state index is 12.7. The zero-order valence-electron chi connectivity index (χ0n) is 18.2. The van der Waals surface area contributed by atoms with Gasteiger partial charge in [0.2, 0.25) is 10.0 Å². The lowest BCUT2D eigenvalue weighted by Crippen LogP contribution is -2.28. The van der Waals surface area contributed by atoms with Crippen molar-refractivity contribution >= 4 is 21.6 Å². The molecule has 1 heterocycles. The number of para-hydroxylation sites is 2. The van der Waals surface area contributed by atoms with Gasteiger partial charge in [0.25, 0.3) is 5.91 Å². The third kappa shape index (κ3) is 5.84. The van der Waals surface area contributed by atoms with Crippen molar-refractivity contribution in [2.24, 2.45) is 0 Å². The Morgan fingerprint density at radius 2 is 1.68 bits per heavy atom. The van der Waals surface area contributed by atoms with E-state index in [9.17, 15) is 13.2 Å². The summed E-state index contributed by atoms with van der Waals surface area (Å²) in [5.74, 6) is 0.293. The first-order valence-corrected chi connectivity index (χ1v) is 12.3. The van der Waals surface area contributed by atoms with Crippen LogP contribution in [0.15, 0.2) is 53.4 Å². The van der Waals surface area contributed by atoms with E-state index in [1.54, 1.807) is 18.2 Å². The van der Waals surface area contributed by atoms with Gasteiger partial charge in [-0.1, -0.05) is 26.0 Å². The highest BCUT2D eigenvalue weighted by Crippen LogP contribution is 2.25. The lowest BCUT2D eigenvalue weighted by atomic mass is 10.2. The summed E-state index contributed by atoms with van der Waals surface area (Å²) in [6.07, 6.45) is 1.77. The molecule has 0 aliphatic carbocycles. The van der Waals surface area contributed by atoms with E-state index in [-0.39, 0.29) is 10.8 Å². The van der Waals surface area contributed by atoms with Gasteiger partial charge in [0, 0.05) is 25.2 Å². The van der Waals surface area contributed by atoms with Gasteiger partial charge in [-0.25, -0.2) is 8.42 Å². The molecule has 1 saturated heterocycles. The normalized spacial score (nSPS) is 14.7. The van der Waals surface area contributed by atoms with E-state index in [4.69, 9.17) is 4.74 Å². The van der Waals surface area contributed by atoms with Crippen molar-refractivity contribution in [3.8, 4) is 5.75 Å². The van der Waals surface area contributed by atoms with Crippen LogP contribution in [0.1, 0.15) is 37.0 Å². The minimum Gasteiger partial charge on any atom is -0.490 e. The Bertz CT molecular complexity index is 967. The van der Waals surface area contributed by atoms with Crippen molar-refractivity contribution in [2.45, 2.75) is 31.6 Å². The third-order valence-corrected chi connectivity index (χ3v) is 7.43. The molecule has 0 atom stereocenters. The predicted octanol–water partition coefficient (Wildman–Crippen LogP) is 3.44. The SMILES string of the molecule is CCN(CC)CCOc1ccccc1NC(=O)c1ccc(S(=O)(=O)N2CCCC2)cc1. The summed E-state index contributed by atoms with van der Waals surface area (Å²) in [5.41, 5.74) is 0.971. The van der Waals surface area contributed by atoms with Gasteiger partial charge in [-0.15, -0.1) is 0 Å². The molecule has 0 bridgehead atoms. The van der Waals surface area contributed by atoms with Crippen LogP contribution in [0.5, 0.6) is 5.75 Å². The summed E-state index contributed by atoms with van der Waals surface area (Å²) >= 11 is 0. The number of likely N-dealkylation sites (N-methyl/N-ethyl adjacent to an activating group) is 1. The molecule has 0 radical (unpaired) electrons. The average molecular weight is 446 g/mol. The van der Waals surface area contributed by atoms with Crippen LogP contribution in [0.4, 0.5) is 5.69 Å². The first kappa shape index (κ1) is 23.2. The smallest absolute Gasteiger partial charge is 0.255 e. The number of benzene rings is 2. The van der Waals surface area contributed by atoms with Gasteiger partial charge < -0.3 is 15.0 Å². The number of carbonyl (C=O) groups excluding carboxylic acids is 1. The quantitative estimate of drug-likeness (QED) is 0.606. The highest BCUT2D eigenvalue weighted by molar-refractivity contribution is 7.89. The standard InChI is InChI=1S/C23H31N3O4S/c1-3-25(4-2)17-18-30-22-10-6-5-9-21(22)24-23(27)19-11-13-20(14-12-19)31(28,29)26-15-7-8-16-26/h5-6,9-14H,3-4,7-8,15-18H2,1-2H3,(H,24,27). The van der Waals surface area contributed by atoms with E-state index in [2.05, 4.69) is 24.1 Å². The van der Waals surface area contributed by atoms with Gasteiger partial charge in [-0.3, -0.25) is 4.79 Å². The summed E-state index contributed by atoms with van der Waals surface area (Å²) in [4.78, 5) is 15.2. The minimum atomic E-state index is -3.49. The molecule has 1 amide bonds. The van der Waals surface area contributed by atoms with E-state index in [0.717, 1.165) is 32.5 Å². The Kier molecular flexibility index (Phi) is 8.06. The fourth-order valence-corrected chi connectivity index (χ4v) is 5.09. The first-order valence-electron chi connectivity index (χ1n) is 10.8. The number of hydrogen-bond donors (Lipinski definition) is 1. The first-order chi connectivity index (χ1) is 15.0. The van der Waals surface area contributed by atoms with Gasteiger partial charge in [0.05, 0.1) is 10.6 Å². The Hall–Kier alpha value is -2.42. The van der Waals surface area contributed by atoms with Crippen molar-refractivity contribution in [3.63, 3.8) is 0 Å². The molecule has 0 unspecified atom stereocenters. The van der Waals surface area contributed by atoms with Crippen molar-refractivity contribution in [1.82, 2.24) is 9.21 Å². The molecule has 2 aromatic rings. The number of rotatable bonds is 10. The summed E-state index contributed by atoms with van der Waals surface area (Å²) in [7, 11) is -3.49. The number of sulfonamides is 1. The van der Waals surface area contributed by atoms with Gasteiger partial charge in [-0.2, -0.15) is 4.31 Å². The van der Waals surface area contributed by atoms with Crippen LogP contribution in [0.25, 0.3) is 0 Å². The minimum absolute atomic E-state index is 0.214. The third-order valence-electron chi connectivity index (χ3n) is 5.51.